The van der Waals surface area contributed by atoms with Crippen molar-refractivity contribution in [3.8, 4) is 0 Å². The first-order valence-electron chi connectivity index (χ1n) is 9.30. The summed E-state index contributed by atoms with van der Waals surface area (Å²) in [7, 11) is -3.20. The Bertz CT molecular complexity index is 769. The Morgan fingerprint density at radius 2 is 1.92 bits per heavy atom. The van der Waals surface area contributed by atoms with Gasteiger partial charge >= 0.3 is 0 Å². The van der Waals surface area contributed by atoms with Gasteiger partial charge in [0.2, 0.25) is 15.9 Å². The highest BCUT2D eigenvalue weighted by Gasteiger charge is 2.45. The monoisotopic (exact) mass is 378 g/mol. The maximum Gasteiger partial charge on any atom is 0.222 e. The van der Waals surface area contributed by atoms with Crippen LogP contribution in [0, 0.1) is 17.8 Å². The number of sulfonamides is 1. The van der Waals surface area contributed by atoms with E-state index in [2.05, 4.69) is 29.0 Å². The maximum absolute atomic E-state index is 12.8. The second-order valence-corrected chi connectivity index (χ2v) is 9.80. The molecule has 6 nitrogen and oxygen atoms in total. The van der Waals surface area contributed by atoms with Gasteiger partial charge < -0.3 is 9.64 Å². The molecular weight excluding hydrogens is 352 g/mol. The first-order chi connectivity index (χ1) is 12.4. The van der Waals surface area contributed by atoms with Gasteiger partial charge in [-0.25, -0.2) is 13.1 Å². The van der Waals surface area contributed by atoms with Gasteiger partial charge in [-0.05, 0) is 29.9 Å². The number of hydrogen-bond donors (Lipinski definition) is 1. The molecule has 3 atom stereocenters. The number of carbonyl (C=O) groups is 1. The summed E-state index contributed by atoms with van der Waals surface area (Å²) in [5.41, 5.74) is 2.75. The molecule has 2 saturated heterocycles. The number of nitrogens with zero attached hydrogens (tertiary/aromatic N) is 1. The van der Waals surface area contributed by atoms with Crippen molar-refractivity contribution in [3.05, 3.63) is 35.4 Å². The van der Waals surface area contributed by atoms with Crippen LogP contribution in [0.3, 0.4) is 0 Å². The van der Waals surface area contributed by atoms with E-state index in [0.717, 1.165) is 12.8 Å². The normalized spacial score (nSPS) is 28.3. The number of amides is 1. The summed E-state index contributed by atoms with van der Waals surface area (Å²) >= 11 is 0. The predicted molar refractivity (Wildman–Crippen MR) is 98.1 cm³/mol. The van der Waals surface area contributed by atoms with Gasteiger partial charge in [-0.2, -0.15) is 0 Å². The zero-order valence-corrected chi connectivity index (χ0v) is 15.9. The minimum absolute atomic E-state index is 0.0473. The molecule has 1 aromatic carbocycles. The summed E-state index contributed by atoms with van der Waals surface area (Å²) in [6.07, 6.45) is 3.77. The second kappa shape index (κ2) is 6.94. The van der Waals surface area contributed by atoms with E-state index in [9.17, 15) is 13.2 Å². The third-order valence-corrected chi connectivity index (χ3v) is 6.69. The quantitative estimate of drug-likeness (QED) is 0.823. The van der Waals surface area contributed by atoms with E-state index in [1.54, 1.807) is 0 Å². The van der Waals surface area contributed by atoms with Crippen molar-refractivity contribution in [3.63, 3.8) is 0 Å². The predicted octanol–water partition coefficient (Wildman–Crippen LogP) is 0.814. The van der Waals surface area contributed by atoms with Crippen molar-refractivity contribution >= 4 is 15.9 Å². The molecule has 2 heterocycles. The molecule has 1 aliphatic carbocycles. The van der Waals surface area contributed by atoms with Crippen LogP contribution >= 0.6 is 0 Å². The minimum Gasteiger partial charge on any atom is -0.376 e. The van der Waals surface area contributed by atoms with Crippen molar-refractivity contribution in [1.29, 1.82) is 0 Å². The molecule has 2 fully saturated rings. The van der Waals surface area contributed by atoms with Crippen LogP contribution in [0.25, 0.3) is 0 Å². The molecular formula is C19H26N2O4S. The Balaban J connectivity index is 1.31. The van der Waals surface area contributed by atoms with Gasteiger partial charge in [0.15, 0.2) is 0 Å². The number of nitrogens with one attached hydrogen (secondary N) is 1. The number of likely N-dealkylation sites (tertiary alicyclic amines) is 1. The summed E-state index contributed by atoms with van der Waals surface area (Å²) < 4.78 is 31.1. The number of hydrogen-bond acceptors (Lipinski definition) is 4. The Hall–Kier alpha value is -1.44. The van der Waals surface area contributed by atoms with Crippen LogP contribution in [-0.4, -0.2) is 57.8 Å². The summed E-state index contributed by atoms with van der Waals surface area (Å²) in [5.74, 6) is 0.969. The summed E-state index contributed by atoms with van der Waals surface area (Å²) in [5, 5.41) is 0. The van der Waals surface area contributed by atoms with Crippen LogP contribution in [0.15, 0.2) is 24.3 Å². The highest BCUT2D eigenvalue weighted by Crippen LogP contribution is 2.35. The van der Waals surface area contributed by atoms with Gasteiger partial charge in [0.1, 0.15) is 0 Å². The topological polar surface area (TPSA) is 75.7 Å². The van der Waals surface area contributed by atoms with Crippen molar-refractivity contribution in [2.45, 2.75) is 25.4 Å². The number of carbonyl (C=O) groups excluding carboxylic acids is 1. The highest BCUT2D eigenvalue weighted by atomic mass is 32.2. The summed E-state index contributed by atoms with van der Waals surface area (Å²) in [6, 6.07) is 8.44. The van der Waals surface area contributed by atoms with Crippen LogP contribution in [0.1, 0.15) is 17.5 Å². The molecule has 1 amide bonds. The molecule has 1 aromatic rings. The first kappa shape index (κ1) is 17.9. The van der Waals surface area contributed by atoms with E-state index >= 15 is 0 Å². The van der Waals surface area contributed by atoms with E-state index in [0.29, 0.717) is 38.6 Å². The standard InChI is InChI=1S/C19H26N2O4S/c1-26(23,24)20-9-16-12-25-18-11-21(10-17(16)18)19(22)8-13-6-14-4-2-3-5-15(14)7-13/h2-5,13,16-18,20H,6-12H2,1H3/t16-,17+,18+/m1/s1. The van der Waals surface area contributed by atoms with Crippen LogP contribution in [0.4, 0.5) is 0 Å². The molecule has 4 rings (SSSR count). The number of fused-ring (bicyclic) bond motifs is 2. The maximum atomic E-state index is 12.8. The zero-order chi connectivity index (χ0) is 18.3. The molecule has 0 saturated carbocycles. The third kappa shape index (κ3) is 3.80. The van der Waals surface area contributed by atoms with Gasteiger partial charge in [0.05, 0.1) is 19.0 Å². The molecule has 1 N–H and O–H groups in total. The smallest absolute Gasteiger partial charge is 0.222 e. The average Bonchev–Trinajstić information content (AvgIpc) is 3.25. The van der Waals surface area contributed by atoms with Gasteiger partial charge in [-0.1, -0.05) is 24.3 Å². The summed E-state index contributed by atoms with van der Waals surface area (Å²) in [6.45, 7) is 2.27. The van der Waals surface area contributed by atoms with Crippen molar-refractivity contribution in [2.24, 2.45) is 17.8 Å². The Morgan fingerprint density at radius 3 is 2.58 bits per heavy atom. The van der Waals surface area contributed by atoms with Gasteiger partial charge in [-0.3, -0.25) is 4.79 Å². The molecule has 0 aromatic heterocycles. The Morgan fingerprint density at radius 1 is 1.23 bits per heavy atom. The van der Waals surface area contributed by atoms with Crippen LogP contribution in [-0.2, 0) is 32.4 Å². The fourth-order valence-corrected chi connectivity index (χ4v) is 5.16. The first-order valence-corrected chi connectivity index (χ1v) is 11.2. The molecule has 2 aliphatic heterocycles. The van der Waals surface area contributed by atoms with E-state index in [4.69, 9.17) is 4.74 Å². The fourth-order valence-electron chi connectivity index (χ4n) is 4.64. The lowest BCUT2D eigenvalue weighted by atomic mass is 9.93. The molecule has 26 heavy (non-hydrogen) atoms. The van der Waals surface area contributed by atoms with Crippen LogP contribution in [0.5, 0.6) is 0 Å². The van der Waals surface area contributed by atoms with Crippen molar-refractivity contribution in [2.75, 3.05) is 32.5 Å². The SMILES string of the molecule is CS(=O)(=O)NC[C@@H]1CO[C@H]2CN(C(=O)CC3Cc4ccccc4C3)C[C@@H]12. The van der Waals surface area contributed by atoms with E-state index in [1.807, 2.05) is 4.90 Å². The molecule has 0 unspecified atom stereocenters. The fraction of sp³-hybridized carbons (Fsp3) is 0.632. The second-order valence-electron chi connectivity index (χ2n) is 7.96. The molecule has 0 spiro atoms. The zero-order valence-electron chi connectivity index (χ0n) is 15.1. The lowest BCUT2D eigenvalue weighted by Gasteiger charge is -2.21. The minimum atomic E-state index is -3.20. The molecule has 0 radical (unpaired) electrons. The van der Waals surface area contributed by atoms with Gasteiger partial charge in [-0.15, -0.1) is 0 Å². The van der Waals surface area contributed by atoms with Crippen LogP contribution < -0.4 is 4.72 Å². The largest absolute Gasteiger partial charge is 0.376 e. The molecule has 7 heteroatoms. The molecule has 0 bridgehead atoms. The lowest BCUT2D eigenvalue weighted by molar-refractivity contribution is -0.131. The number of ether oxygens (including phenoxy) is 1. The third-order valence-electron chi connectivity index (χ3n) is 6.00. The lowest BCUT2D eigenvalue weighted by Crippen LogP contribution is -2.35. The summed E-state index contributed by atoms with van der Waals surface area (Å²) in [4.78, 5) is 14.7. The van der Waals surface area contributed by atoms with Crippen molar-refractivity contribution < 1.29 is 17.9 Å². The number of benzene rings is 1. The van der Waals surface area contributed by atoms with Crippen molar-refractivity contribution in [1.82, 2.24) is 9.62 Å². The Labute approximate surface area is 155 Å². The Kier molecular flexibility index (Phi) is 4.79. The van der Waals surface area contributed by atoms with E-state index < -0.39 is 10.0 Å². The number of rotatable bonds is 5. The highest BCUT2D eigenvalue weighted by molar-refractivity contribution is 7.88. The van der Waals surface area contributed by atoms with Crippen LogP contribution in [0.2, 0.25) is 0 Å². The van der Waals surface area contributed by atoms with Gasteiger partial charge in [0, 0.05) is 37.9 Å². The van der Waals surface area contributed by atoms with Gasteiger partial charge in [0.25, 0.3) is 0 Å². The average molecular weight is 378 g/mol. The molecule has 142 valence electrons. The van der Waals surface area contributed by atoms with E-state index in [1.165, 1.54) is 17.4 Å². The van der Waals surface area contributed by atoms with E-state index in [-0.39, 0.29) is 23.8 Å². The molecule has 3 aliphatic rings.